The summed E-state index contributed by atoms with van der Waals surface area (Å²) in [5, 5.41) is 9.72. The Kier molecular flexibility index (Phi) is 4.79. The molecule has 0 bridgehead atoms. The number of aliphatic hydroxyl groups excluding tert-OH is 1. The predicted octanol–water partition coefficient (Wildman–Crippen LogP) is 4.14. The molecule has 1 aliphatic rings. The maximum absolute atomic E-state index is 14.0. The summed E-state index contributed by atoms with van der Waals surface area (Å²) in [5.41, 5.74) is 0.446. The van der Waals surface area contributed by atoms with Gasteiger partial charge in [0.25, 0.3) is 0 Å². The summed E-state index contributed by atoms with van der Waals surface area (Å²) < 4.78 is 16.1. The third-order valence-corrected chi connectivity index (χ3v) is 4.80. The van der Waals surface area contributed by atoms with Crippen LogP contribution in [0.5, 0.6) is 0 Å². The first kappa shape index (κ1) is 15.5. The Morgan fingerprint density at radius 1 is 1.23 bits per heavy atom. The smallest absolute Gasteiger partial charge is 0.142 e. The van der Waals surface area contributed by atoms with E-state index >= 15 is 0 Å². The number of halogens is 2. The number of aliphatic hydroxyl groups is 1. The van der Waals surface area contributed by atoms with Gasteiger partial charge in [0.05, 0.1) is 5.56 Å². The van der Waals surface area contributed by atoms with Crippen LogP contribution in [0, 0.1) is 17.7 Å². The highest BCUT2D eigenvalue weighted by atomic mass is 35.5. The molecule has 1 aromatic carbocycles. The minimum atomic E-state index is -0.305. The molecule has 0 amide bonds. The molecule has 1 N–H and O–H groups in total. The zero-order chi connectivity index (χ0) is 15.5. The minimum absolute atomic E-state index is 0.288. The van der Waals surface area contributed by atoms with Crippen molar-refractivity contribution in [2.75, 3.05) is 6.61 Å². The molecule has 0 unspecified atom stereocenters. The Hall–Kier alpha value is -1.39. The van der Waals surface area contributed by atoms with Crippen LogP contribution in [-0.4, -0.2) is 21.3 Å². The molecule has 1 saturated carbocycles. The average molecular weight is 323 g/mol. The van der Waals surface area contributed by atoms with Crippen molar-refractivity contribution < 1.29 is 9.50 Å². The molecule has 1 aliphatic carbocycles. The van der Waals surface area contributed by atoms with E-state index < -0.39 is 0 Å². The molecule has 0 aliphatic heterocycles. The summed E-state index contributed by atoms with van der Waals surface area (Å²) in [6.07, 6.45) is 7.93. The quantitative estimate of drug-likeness (QED) is 0.918. The van der Waals surface area contributed by atoms with E-state index in [0.717, 1.165) is 32.2 Å². The van der Waals surface area contributed by atoms with Gasteiger partial charge in [-0.2, -0.15) is 0 Å². The fourth-order valence-electron chi connectivity index (χ4n) is 3.24. The standard InChI is InChI=1S/C17H20ClFN2O/c18-14-5-6-16(19)15(9-14)17-20-7-8-21(17)10-12-1-3-13(11-22)4-2-12/h5-9,12-13,22H,1-4,10-11H2. The molecule has 1 fully saturated rings. The SMILES string of the molecule is OCC1CCC(Cn2ccnc2-c2cc(Cl)ccc2F)CC1. The molecule has 3 nitrogen and oxygen atoms in total. The summed E-state index contributed by atoms with van der Waals surface area (Å²) in [7, 11) is 0. The van der Waals surface area contributed by atoms with E-state index in [1.165, 1.54) is 6.07 Å². The van der Waals surface area contributed by atoms with E-state index in [4.69, 9.17) is 11.6 Å². The van der Waals surface area contributed by atoms with E-state index in [1.54, 1.807) is 18.3 Å². The Balaban J connectivity index is 1.77. The largest absolute Gasteiger partial charge is 0.396 e. The normalized spacial score (nSPS) is 22.0. The van der Waals surface area contributed by atoms with Gasteiger partial charge >= 0.3 is 0 Å². The van der Waals surface area contributed by atoms with Gasteiger partial charge in [0.15, 0.2) is 0 Å². The molecule has 1 heterocycles. The highest BCUT2D eigenvalue weighted by Gasteiger charge is 2.22. The van der Waals surface area contributed by atoms with Crippen LogP contribution in [0.25, 0.3) is 11.4 Å². The number of imidazole rings is 1. The van der Waals surface area contributed by atoms with Crippen LogP contribution < -0.4 is 0 Å². The Bertz CT molecular complexity index is 635. The van der Waals surface area contributed by atoms with Crippen LogP contribution in [0.15, 0.2) is 30.6 Å². The lowest BCUT2D eigenvalue weighted by atomic mass is 9.82. The van der Waals surface area contributed by atoms with Gasteiger partial charge in [0.1, 0.15) is 11.6 Å². The van der Waals surface area contributed by atoms with Crippen LogP contribution in [0.2, 0.25) is 5.02 Å². The van der Waals surface area contributed by atoms with Crippen molar-refractivity contribution in [1.29, 1.82) is 0 Å². The van der Waals surface area contributed by atoms with E-state index in [0.29, 0.717) is 28.2 Å². The Morgan fingerprint density at radius 2 is 1.95 bits per heavy atom. The third-order valence-electron chi connectivity index (χ3n) is 4.56. The summed E-state index contributed by atoms with van der Waals surface area (Å²) in [4.78, 5) is 4.31. The first-order chi connectivity index (χ1) is 10.7. The molecular formula is C17H20ClFN2O. The summed E-state index contributed by atoms with van der Waals surface area (Å²) in [6.45, 7) is 1.12. The van der Waals surface area contributed by atoms with Crippen LogP contribution >= 0.6 is 11.6 Å². The van der Waals surface area contributed by atoms with E-state index in [2.05, 4.69) is 4.98 Å². The van der Waals surface area contributed by atoms with Crippen LogP contribution in [-0.2, 0) is 6.54 Å². The van der Waals surface area contributed by atoms with E-state index in [1.807, 2.05) is 10.8 Å². The Morgan fingerprint density at radius 3 is 2.68 bits per heavy atom. The molecule has 0 atom stereocenters. The van der Waals surface area contributed by atoms with Gasteiger partial charge in [-0.3, -0.25) is 0 Å². The first-order valence-corrected chi connectivity index (χ1v) is 8.12. The average Bonchev–Trinajstić information content (AvgIpc) is 2.98. The molecule has 2 aromatic rings. The highest BCUT2D eigenvalue weighted by molar-refractivity contribution is 6.30. The number of nitrogens with zero attached hydrogens (tertiary/aromatic N) is 2. The monoisotopic (exact) mass is 322 g/mol. The van der Waals surface area contributed by atoms with Gasteiger partial charge in [-0.05, 0) is 55.7 Å². The van der Waals surface area contributed by atoms with Crippen LogP contribution in [0.1, 0.15) is 25.7 Å². The van der Waals surface area contributed by atoms with Gasteiger partial charge in [-0.15, -0.1) is 0 Å². The second kappa shape index (κ2) is 6.80. The van der Waals surface area contributed by atoms with Gasteiger partial charge < -0.3 is 9.67 Å². The second-order valence-corrected chi connectivity index (χ2v) is 6.53. The molecule has 22 heavy (non-hydrogen) atoms. The maximum atomic E-state index is 14.0. The molecule has 1 aromatic heterocycles. The predicted molar refractivity (Wildman–Crippen MR) is 85.2 cm³/mol. The van der Waals surface area contributed by atoms with Gasteiger partial charge in [0.2, 0.25) is 0 Å². The summed E-state index contributed by atoms with van der Waals surface area (Å²) in [6, 6.07) is 4.55. The van der Waals surface area contributed by atoms with Crippen molar-refractivity contribution in [2.45, 2.75) is 32.2 Å². The second-order valence-electron chi connectivity index (χ2n) is 6.10. The number of benzene rings is 1. The van der Waals surface area contributed by atoms with Gasteiger partial charge in [-0.1, -0.05) is 11.6 Å². The summed E-state index contributed by atoms with van der Waals surface area (Å²) in [5.74, 6) is 1.33. The van der Waals surface area contributed by atoms with Crippen molar-refractivity contribution in [1.82, 2.24) is 9.55 Å². The van der Waals surface area contributed by atoms with Crippen molar-refractivity contribution in [3.63, 3.8) is 0 Å². The zero-order valence-electron chi connectivity index (χ0n) is 12.4. The minimum Gasteiger partial charge on any atom is -0.396 e. The lowest BCUT2D eigenvalue weighted by molar-refractivity contribution is 0.161. The topological polar surface area (TPSA) is 38.0 Å². The van der Waals surface area contributed by atoms with Gasteiger partial charge in [0, 0.05) is 30.6 Å². The van der Waals surface area contributed by atoms with E-state index in [9.17, 15) is 9.50 Å². The maximum Gasteiger partial charge on any atom is 0.142 e. The van der Waals surface area contributed by atoms with Crippen molar-refractivity contribution in [2.24, 2.45) is 11.8 Å². The van der Waals surface area contributed by atoms with Crippen molar-refractivity contribution in [3.8, 4) is 11.4 Å². The van der Waals surface area contributed by atoms with Crippen molar-refractivity contribution >= 4 is 11.6 Å². The molecule has 0 saturated heterocycles. The molecule has 3 rings (SSSR count). The fraction of sp³-hybridized carbons (Fsp3) is 0.471. The van der Waals surface area contributed by atoms with Gasteiger partial charge in [-0.25, -0.2) is 9.37 Å². The molecule has 0 radical (unpaired) electrons. The molecular weight excluding hydrogens is 303 g/mol. The zero-order valence-corrected chi connectivity index (χ0v) is 13.1. The number of hydrogen-bond donors (Lipinski definition) is 1. The number of hydrogen-bond acceptors (Lipinski definition) is 2. The molecule has 5 heteroatoms. The molecule has 0 spiro atoms. The van der Waals surface area contributed by atoms with Crippen LogP contribution in [0.3, 0.4) is 0 Å². The summed E-state index contributed by atoms with van der Waals surface area (Å²) >= 11 is 5.98. The number of rotatable bonds is 4. The number of aromatic nitrogens is 2. The Labute approximate surface area is 134 Å². The lowest BCUT2D eigenvalue weighted by Gasteiger charge is -2.27. The first-order valence-electron chi connectivity index (χ1n) is 7.74. The fourth-order valence-corrected chi connectivity index (χ4v) is 3.42. The molecule has 118 valence electrons. The lowest BCUT2D eigenvalue weighted by Crippen LogP contribution is -2.21. The highest BCUT2D eigenvalue weighted by Crippen LogP contribution is 2.31. The van der Waals surface area contributed by atoms with Crippen molar-refractivity contribution in [3.05, 3.63) is 41.4 Å². The van der Waals surface area contributed by atoms with Crippen LogP contribution in [0.4, 0.5) is 4.39 Å². The van der Waals surface area contributed by atoms with E-state index in [-0.39, 0.29) is 12.4 Å². The third kappa shape index (κ3) is 3.33.